The van der Waals surface area contributed by atoms with Crippen molar-refractivity contribution in [3.63, 3.8) is 0 Å². The molecule has 1 atom stereocenters. The molecule has 0 aliphatic heterocycles. The Labute approximate surface area is 109 Å². The van der Waals surface area contributed by atoms with Gasteiger partial charge in [0.2, 0.25) is 0 Å². The van der Waals surface area contributed by atoms with E-state index < -0.39 is 0 Å². The summed E-state index contributed by atoms with van der Waals surface area (Å²) in [5, 5.41) is 3.48. The monoisotopic (exact) mass is 256 g/mol. The minimum Gasteiger partial charge on any atom is -0.311 e. The van der Waals surface area contributed by atoms with Crippen molar-refractivity contribution in [3.8, 4) is 0 Å². The summed E-state index contributed by atoms with van der Waals surface area (Å²) in [5.41, 5.74) is 1.15. The van der Waals surface area contributed by atoms with Crippen molar-refractivity contribution in [2.45, 2.75) is 25.4 Å². The van der Waals surface area contributed by atoms with E-state index >= 15 is 0 Å². The maximum absolute atomic E-state index is 4.00. The van der Waals surface area contributed by atoms with Gasteiger partial charge in [-0.05, 0) is 32.9 Å². The van der Waals surface area contributed by atoms with Gasteiger partial charge >= 0.3 is 0 Å². The third-order valence-electron chi connectivity index (χ3n) is 3.13. The Hall–Kier alpha value is -0.710. The quantitative estimate of drug-likeness (QED) is 0.834. The van der Waals surface area contributed by atoms with Gasteiger partial charge in [0.1, 0.15) is 6.33 Å². The first-order chi connectivity index (χ1) is 7.77. The lowest BCUT2D eigenvalue weighted by atomic mass is 10.1. The van der Waals surface area contributed by atoms with E-state index in [4.69, 9.17) is 0 Å². The lowest BCUT2D eigenvalue weighted by Gasteiger charge is -2.24. The largest absolute Gasteiger partial charge is 0.311 e. The number of likely N-dealkylation sites (N-methyl/N-ethyl adjacent to an activating group) is 1. The summed E-state index contributed by atoms with van der Waals surface area (Å²) in [6.45, 7) is 1.91. The minimum absolute atomic E-state index is 0. The van der Waals surface area contributed by atoms with Crippen LogP contribution in [0.1, 0.15) is 18.4 Å². The average Bonchev–Trinajstić information content (AvgIpc) is 3.09. The summed E-state index contributed by atoms with van der Waals surface area (Å²) in [6.07, 6.45) is 8.07. The molecule has 1 aromatic heterocycles. The maximum atomic E-state index is 4.00. The van der Waals surface area contributed by atoms with Crippen LogP contribution in [0.2, 0.25) is 0 Å². The van der Waals surface area contributed by atoms with Crippen molar-refractivity contribution >= 4 is 12.4 Å². The van der Waals surface area contributed by atoms with E-state index in [1.807, 2.05) is 12.4 Å². The van der Waals surface area contributed by atoms with Gasteiger partial charge in [-0.1, -0.05) is 0 Å². The second-order valence-corrected chi connectivity index (χ2v) is 4.75. The molecule has 0 bridgehead atoms. The number of nitrogens with zero attached hydrogens (tertiary/aromatic N) is 3. The molecule has 1 aliphatic carbocycles. The standard InChI is InChI=1S/C12H20N4.ClH/c1-16(2)12(11-3-4-11)8-13-5-10-6-14-9-15-7-10;/h6-7,9,11-13H,3-5,8H2,1-2H3;1H. The summed E-state index contributed by atoms with van der Waals surface area (Å²) in [4.78, 5) is 10.3. The Kier molecular flexibility index (Phi) is 5.82. The highest BCUT2D eigenvalue weighted by atomic mass is 35.5. The van der Waals surface area contributed by atoms with Crippen LogP contribution < -0.4 is 5.32 Å². The molecular weight excluding hydrogens is 236 g/mol. The fourth-order valence-electron chi connectivity index (χ4n) is 2.04. The van der Waals surface area contributed by atoms with Gasteiger partial charge in [-0.15, -0.1) is 12.4 Å². The smallest absolute Gasteiger partial charge is 0.115 e. The molecule has 1 fully saturated rings. The van der Waals surface area contributed by atoms with Gasteiger partial charge < -0.3 is 10.2 Å². The van der Waals surface area contributed by atoms with Crippen molar-refractivity contribution in [1.29, 1.82) is 0 Å². The Morgan fingerprint density at radius 1 is 1.35 bits per heavy atom. The van der Waals surface area contributed by atoms with Crippen LogP contribution in [0, 0.1) is 5.92 Å². The van der Waals surface area contributed by atoms with E-state index in [-0.39, 0.29) is 12.4 Å². The molecule has 0 aromatic carbocycles. The molecule has 4 nitrogen and oxygen atoms in total. The average molecular weight is 257 g/mol. The van der Waals surface area contributed by atoms with Crippen molar-refractivity contribution in [2.75, 3.05) is 20.6 Å². The number of rotatable bonds is 6. The molecule has 0 radical (unpaired) electrons. The maximum Gasteiger partial charge on any atom is 0.115 e. The van der Waals surface area contributed by atoms with Gasteiger partial charge in [-0.2, -0.15) is 0 Å². The molecule has 1 heterocycles. The van der Waals surface area contributed by atoms with Crippen molar-refractivity contribution in [1.82, 2.24) is 20.2 Å². The first-order valence-corrected chi connectivity index (χ1v) is 5.88. The first-order valence-electron chi connectivity index (χ1n) is 5.88. The molecule has 1 saturated carbocycles. The van der Waals surface area contributed by atoms with Crippen LogP contribution in [-0.2, 0) is 6.54 Å². The highest BCUT2D eigenvalue weighted by Crippen LogP contribution is 2.34. The van der Waals surface area contributed by atoms with Gasteiger partial charge in [-0.3, -0.25) is 0 Å². The van der Waals surface area contributed by atoms with Crippen LogP contribution in [0.4, 0.5) is 0 Å². The molecular formula is C12H21ClN4. The highest BCUT2D eigenvalue weighted by Gasteiger charge is 2.31. The minimum atomic E-state index is 0. The Bertz CT molecular complexity index is 312. The van der Waals surface area contributed by atoms with Crippen LogP contribution in [0.5, 0.6) is 0 Å². The lowest BCUT2D eigenvalue weighted by Crippen LogP contribution is -2.39. The van der Waals surface area contributed by atoms with Gasteiger partial charge in [0.05, 0.1) is 0 Å². The van der Waals surface area contributed by atoms with Crippen LogP contribution in [-0.4, -0.2) is 41.5 Å². The third kappa shape index (κ3) is 4.58. The summed E-state index contributed by atoms with van der Waals surface area (Å²) in [6, 6.07) is 0.671. The summed E-state index contributed by atoms with van der Waals surface area (Å²) in [7, 11) is 4.33. The van der Waals surface area contributed by atoms with E-state index in [0.29, 0.717) is 6.04 Å². The van der Waals surface area contributed by atoms with E-state index in [1.54, 1.807) is 6.33 Å². The predicted molar refractivity (Wildman–Crippen MR) is 71.2 cm³/mol. The number of halogens is 1. The van der Waals surface area contributed by atoms with Crippen molar-refractivity contribution in [2.24, 2.45) is 5.92 Å². The summed E-state index contributed by atoms with van der Waals surface area (Å²) >= 11 is 0. The number of hydrogen-bond acceptors (Lipinski definition) is 4. The van der Waals surface area contributed by atoms with Crippen LogP contribution in [0.3, 0.4) is 0 Å². The molecule has 1 aromatic rings. The zero-order valence-electron chi connectivity index (χ0n) is 10.5. The Morgan fingerprint density at radius 2 is 2.00 bits per heavy atom. The molecule has 96 valence electrons. The number of aromatic nitrogens is 2. The SMILES string of the molecule is CN(C)C(CNCc1cncnc1)C1CC1.Cl. The normalized spacial score (nSPS) is 16.6. The summed E-state index contributed by atoms with van der Waals surface area (Å²) < 4.78 is 0. The fourth-order valence-corrected chi connectivity index (χ4v) is 2.04. The van der Waals surface area contributed by atoms with Gasteiger partial charge in [0.25, 0.3) is 0 Å². The molecule has 0 amide bonds. The number of nitrogens with one attached hydrogen (secondary N) is 1. The van der Waals surface area contributed by atoms with E-state index in [0.717, 1.165) is 24.6 Å². The van der Waals surface area contributed by atoms with Gasteiger partial charge in [0, 0.05) is 37.1 Å². The Morgan fingerprint density at radius 3 is 2.53 bits per heavy atom. The molecule has 1 aliphatic rings. The fraction of sp³-hybridized carbons (Fsp3) is 0.667. The molecule has 2 rings (SSSR count). The second-order valence-electron chi connectivity index (χ2n) is 4.75. The van der Waals surface area contributed by atoms with Crippen molar-refractivity contribution in [3.05, 3.63) is 24.3 Å². The molecule has 5 heteroatoms. The first kappa shape index (κ1) is 14.4. The highest BCUT2D eigenvalue weighted by molar-refractivity contribution is 5.85. The number of hydrogen-bond donors (Lipinski definition) is 1. The molecule has 1 N–H and O–H groups in total. The van der Waals surface area contributed by atoms with E-state index in [2.05, 4.69) is 34.3 Å². The van der Waals surface area contributed by atoms with Gasteiger partial charge in [-0.25, -0.2) is 9.97 Å². The van der Waals surface area contributed by atoms with Crippen molar-refractivity contribution < 1.29 is 0 Å². The topological polar surface area (TPSA) is 41.0 Å². The van der Waals surface area contributed by atoms with Gasteiger partial charge in [0.15, 0.2) is 0 Å². The van der Waals surface area contributed by atoms with Crippen LogP contribution >= 0.6 is 12.4 Å². The summed E-state index contributed by atoms with van der Waals surface area (Å²) in [5.74, 6) is 0.898. The van der Waals surface area contributed by atoms with Crippen LogP contribution in [0.25, 0.3) is 0 Å². The predicted octanol–water partition coefficient (Wildman–Crippen LogP) is 1.33. The lowest BCUT2D eigenvalue weighted by molar-refractivity contribution is 0.255. The molecule has 0 spiro atoms. The second kappa shape index (κ2) is 6.89. The molecule has 17 heavy (non-hydrogen) atoms. The van der Waals surface area contributed by atoms with Crippen LogP contribution in [0.15, 0.2) is 18.7 Å². The third-order valence-corrected chi connectivity index (χ3v) is 3.13. The van der Waals surface area contributed by atoms with E-state index in [1.165, 1.54) is 12.8 Å². The zero-order valence-corrected chi connectivity index (χ0v) is 11.3. The van der Waals surface area contributed by atoms with E-state index in [9.17, 15) is 0 Å². The Balaban J connectivity index is 0.00000144. The molecule has 1 unspecified atom stereocenters. The zero-order chi connectivity index (χ0) is 11.4. The molecule has 0 saturated heterocycles.